The number of nitrogens with zero attached hydrogens (tertiary/aromatic N) is 2. The maximum Gasteiger partial charge on any atom is 0.227 e. The van der Waals surface area contributed by atoms with E-state index in [9.17, 15) is 9.59 Å². The van der Waals surface area contributed by atoms with Crippen molar-refractivity contribution < 1.29 is 14.3 Å². The Morgan fingerprint density at radius 1 is 1.00 bits per heavy atom. The third-order valence-corrected chi connectivity index (χ3v) is 4.79. The van der Waals surface area contributed by atoms with Crippen LogP contribution in [0.5, 0.6) is 11.5 Å². The zero-order valence-corrected chi connectivity index (χ0v) is 15.8. The van der Waals surface area contributed by atoms with Crippen LogP contribution in [0.1, 0.15) is 12.1 Å². The van der Waals surface area contributed by atoms with E-state index in [4.69, 9.17) is 4.74 Å². The number of benzene rings is 2. The van der Waals surface area contributed by atoms with Gasteiger partial charge in [-0.25, -0.2) is 0 Å². The molecule has 1 saturated heterocycles. The molecule has 1 aromatic heterocycles. The first-order chi connectivity index (χ1) is 14.2. The van der Waals surface area contributed by atoms with Crippen LogP contribution in [0.3, 0.4) is 0 Å². The molecule has 4 rings (SSSR count). The van der Waals surface area contributed by atoms with Gasteiger partial charge in [0.25, 0.3) is 0 Å². The van der Waals surface area contributed by atoms with Crippen LogP contribution in [0.2, 0.25) is 0 Å². The molecule has 1 aliphatic heterocycles. The third kappa shape index (κ3) is 4.60. The average Bonchev–Trinajstić information content (AvgIpc) is 3.16. The Hall–Kier alpha value is -3.67. The van der Waals surface area contributed by atoms with Gasteiger partial charge in [0.1, 0.15) is 11.5 Å². The molecule has 1 unspecified atom stereocenters. The van der Waals surface area contributed by atoms with Gasteiger partial charge in [-0.15, -0.1) is 0 Å². The fourth-order valence-corrected chi connectivity index (χ4v) is 3.28. The molecule has 6 nitrogen and oxygen atoms in total. The summed E-state index contributed by atoms with van der Waals surface area (Å²) in [5.41, 5.74) is 1.55. The van der Waals surface area contributed by atoms with Crippen LogP contribution in [0.4, 0.5) is 5.69 Å². The van der Waals surface area contributed by atoms with Crippen molar-refractivity contribution in [2.45, 2.75) is 13.0 Å². The maximum atomic E-state index is 12.5. The highest BCUT2D eigenvalue weighted by atomic mass is 16.5. The molecule has 0 aliphatic carbocycles. The lowest BCUT2D eigenvalue weighted by molar-refractivity contribution is -0.126. The van der Waals surface area contributed by atoms with Crippen molar-refractivity contribution in [2.24, 2.45) is 5.92 Å². The van der Waals surface area contributed by atoms with Gasteiger partial charge in [0.2, 0.25) is 11.8 Å². The molecule has 146 valence electrons. The van der Waals surface area contributed by atoms with E-state index in [2.05, 4.69) is 10.3 Å². The summed E-state index contributed by atoms with van der Waals surface area (Å²) in [5.74, 6) is 0.889. The van der Waals surface area contributed by atoms with Gasteiger partial charge in [0.05, 0.1) is 18.2 Å². The molecule has 1 aliphatic rings. The van der Waals surface area contributed by atoms with Gasteiger partial charge >= 0.3 is 0 Å². The van der Waals surface area contributed by atoms with Crippen molar-refractivity contribution in [1.29, 1.82) is 0 Å². The fraction of sp³-hybridized carbons (Fsp3) is 0.174. The molecular weight excluding hydrogens is 366 g/mol. The third-order valence-electron chi connectivity index (χ3n) is 4.79. The molecule has 3 aromatic rings. The minimum atomic E-state index is -0.369. The number of carbonyl (C=O) groups excluding carboxylic acids is 2. The van der Waals surface area contributed by atoms with E-state index in [1.54, 1.807) is 11.1 Å². The number of anilines is 1. The minimum Gasteiger partial charge on any atom is -0.457 e. The number of aromatic nitrogens is 1. The number of amides is 2. The Morgan fingerprint density at radius 2 is 1.72 bits per heavy atom. The van der Waals surface area contributed by atoms with E-state index in [-0.39, 0.29) is 24.2 Å². The van der Waals surface area contributed by atoms with E-state index in [0.717, 1.165) is 17.1 Å². The summed E-state index contributed by atoms with van der Waals surface area (Å²) >= 11 is 0. The quantitative estimate of drug-likeness (QED) is 0.702. The average molecular weight is 387 g/mol. The number of nitrogens with one attached hydrogen (secondary N) is 1. The molecule has 0 radical (unpaired) electrons. The predicted octanol–water partition coefficient (Wildman–Crippen LogP) is 3.54. The molecule has 1 fully saturated rings. The van der Waals surface area contributed by atoms with E-state index in [0.29, 0.717) is 18.8 Å². The van der Waals surface area contributed by atoms with Crippen molar-refractivity contribution in [3.63, 3.8) is 0 Å². The second-order valence-electron chi connectivity index (χ2n) is 6.85. The Labute approximate surface area is 169 Å². The summed E-state index contributed by atoms with van der Waals surface area (Å²) in [5, 5.41) is 2.87. The minimum absolute atomic E-state index is 0.0558. The number of carbonyl (C=O) groups is 2. The van der Waals surface area contributed by atoms with Gasteiger partial charge in [-0.05, 0) is 48.5 Å². The van der Waals surface area contributed by atoms with Gasteiger partial charge in [0, 0.05) is 24.8 Å². The maximum absolute atomic E-state index is 12.5. The van der Waals surface area contributed by atoms with Crippen LogP contribution in [-0.4, -0.2) is 23.3 Å². The molecule has 1 N–H and O–H groups in total. The lowest BCUT2D eigenvalue weighted by Gasteiger charge is -2.17. The van der Waals surface area contributed by atoms with Crippen LogP contribution in [0.15, 0.2) is 79.0 Å². The van der Waals surface area contributed by atoms with Crippen molar-refractivity contribution in [2.75, 3.05) is 11.4 Å². The number of rotatable bonds is 6. The Balaban J connectivity index is 1.35. The Kier molecular flexibility index (Phi) is 5.52. The Bertz CT molecular complexity index is 975. The van der Waals surface area contributed by atoms with Crippen LogP contribution in [-0.2, 0) is 16.1 Å². The highest BCUT2D eigenvalue weighted by molar-refractivity contribution is 6.00. The van der Waals surface area contributed by atoms with Crippen molar-refractivity contribution in [3.8, 4) is 11.5 Å². The van der Waals surface area contributed by atoms with E-state index in [1.807, 2.05) is 72.8 Å². The van der Waals surface area contributed by atoms with E-state index >= 15 is 0 Å². The monoisotopic (exact) mass is 387 g/mol. The van der Waals surface area contributed by atoms with Crippen molar-refractivity contribution in [1.82, 2.24) is 10.3 Å². The molecule has 2 aromatic carbocycles. The molecule has 29 heavy (non-hydrogen) atoms. The standard InChI is InChI=1S/C23H21N3O3/c27-22-14-17(23(28)25-15-18-6-4-5-13-24-18)16-26(22)19-9-11-21(12-10-19)29-20-7-2-1-3-8-20/h1-13,17H,14-16H2,(H,25,28). The molecule has 0 bridgehead atoms. The zero-order valence-electron chi connectivity index (χ0n) is 15.8. The van der Waals surface area contributed by atoms with Crippen LogP contribution >= 0.6 is 0 Å². The lowest BCUT2D eigenvalue weighted by atomic mass is 10.1. The summed E-state index contributed by atoms with van der Waals surface area (Å²) in [6.07, 6.45) is 1.89. The first-order valence-corrected chi connectivity index (χ1v) is 9.50. The summed E-state index contributed by atoms with van der Waals surface area (Å²) in [6, 6.07) is 22.4. The number of hydrogen-bond donors (Lipinski definition) is 1. The smallest absolute Gasteiger partial charge is 0.227 e. The summed E-state index contributed by atoms with van der Waals surface area (Å²) in [6.45, 7) is 0.724. The van der Waals surface area contributed by atoms with Crippen LogP contribution < -0.4 is 15.0 Å². The highest BCUT2D eigenvalue weighted by Crippen LogP contribution is 2.28. The molecular formula is C23H21N3O3. The Morgan fingerprint density at radius 3 is 2.45 bits per heavy atom. The van der Waals surface area contributed by atoms with Gasteiger partial charge in [-0.3, -0.25) is 14.6 Å². The normalized spacial score (nSPS) is 15.9. The number of para-hydroxylation sites is 1. The molecule has 2 heterocycles. The highest BCUT2D eigenvalue weighted by Gasteiger charge is 2.35. The van der Waals surface area contributed by atoms with Gasteiger partial charge in [-0.2, -0.15) is 0 Å². The predicted molar refractivity (Wildman–Crippen MR) is 110 cm³/mol. The molecule has 6 heteroatoms. The number of pyridine rings is 1. The number of ether oxygens (including phenoxy) is 1. The zero-order chi connectivity index (χ0) is 20.1. The molecule has 1 atom stereocenters. The first kappa shape index (κ1) is 18.7. The summed E-state index contributed by atoms with van der Waals surface area (Å²) in [4.78, 5) is 30.7. The molecule has 2 amide bonds. The molecule has 0 spiro atoms. The van der Waals surface area contributed by atoms with Gasteiger partial charge < -0.3 is 15.0 Å². The van der Waals surface area contributed by atoms with Gasteiger partial charge in [-0.1, -0.05) is 24.3 Å². The second-order valence-corrected chi connectivity index (χ2v) is 6.85. The second kappa shape index (κ2) is 8.56. The SMILES string of the molecule is O=C(NCc1ccccn1)C1CC(=O)N(c2ccc(Oc3ccccc3)cc2)C1. The van der Waals surface area contributed by atoms with E-state index in [1.165, 1.54) is 0 Å². The first-order valence-electron chi connectivity index (χ1n) is 9.50. The van der Waals surface area contributed by atoms with Crippen LogP contribution in [0.25, 0.3) is 0 Å². The lowest BCUT2D eigenvalue weighted by Crippen LogP contribution is -2.32. The van der Waals surface area contributed by atoms with Crippen molar-refractivity contribution in [3.05, 3.63) is 84.7 Å². The number of hydrogen-bond acceptors (Lipinski definition) is 4. The molecule has 0 saturated carbocycles. The topological polar surface area (TPSA) is 71.5 Å². The van der Waals surface area contributed by atoms with Gasteiger partial charge in [0.15, 0.2) is 0 Å². The summed E-state index contributed by atoms with van der Waals surface area (Å²) in [7, 11) is 0. The van der Waals surface area contributed by atoms with Crippen molar-refractivity contribution >= 4 is 17.5 Å². The van der Waals surface area contributed by atoms with E-state index < -0.39 is 0 Å². The fourth-order valence-electron chi connectivity index (χ4n) is 3.28. The van der Waals surface area contributed by atoms with Crippen LogP contribution in [0, 0.1) is 5.92 Å². The largest absolute Gasteiger partial charge is 0.457 e. The summed E-state index contributed by atoms with van der Waals surface area (Å²) < 4.78 is 5.78.